The second-order valence-electron chi connectivity index (χ2n) is 3.54. The molecule has 3 heteroatoms. The lowest BCUT2D eigenvalue weighted by molar-refractivity contribution is 0.0696. The molecule has 0 aliphatic carbocycles. The van der Waals surface area contributed by atoms with Crippen LogP contribution in [0.3, 0.4) is 0 Å². The number of aliphatic hydroxyl groups excluding tert-OH is 1. The molecule has 0 aromatic heterocycles. The molecule has 0 heterocycles. The highest BCUT2D eigenvalue weighted by Gasteiger charge is 1.99. The minimum absolute atomic E-state index is 0.168. The van der Waals surface area contributed by atoms with Crippen molar-refractivity contribution in [3.05, 3.63) is 29.8 Å². The Hall–Kier alpha value is -1.06. The number of nitrogen functional groups attached to an aromatic ring is 1. The van der Waals surface area contributed by atoms with Gasteiger partial charge in [-0.05, 0) is 17.7 Å². The van der Waals surface area contributed by atoms with E-state index >= 15 is 0 Å². The van der Waals surface area contributed by atoms with Crippen molar-refractivity contribution in [3.8, 4) is 0 Å². The third kappa shape index (κ3) is 3.77. The third-order valence-corrected chi connectivity index (χ3v) is 1.96. The van der Waals surface area contributed by atoms with E-state index in [0.717, 1.165) is 11.3 Å². The first-order chi connectivity index (χ1) is 6.72. The number of hydrogen-bond acceptors (Lipinski definition) is 3. The van der Waals surface area contributed by atoms with Gasteiger partial charge in [0.05, 0.1) is 13.2 Å². The molecule has 1 atom stereocenters. The largest absolute Gasteiger partial charge is 0.399 e. The second-order valence-corrected chi connectivity index (χ2v) is 3.54. The summed E-state index contributed by atoms with van der Waals surface area (Å²) >= 11 is 0. The lowest BCUT2D eigenvalue weighted by Gasteiger charge is -2.08. The molecular weight excluding hydrogens is 178 g/mol. The minimum Gasteiger partial charge on any atom is -0.399 e. The molecule has 78 valence electrons. The molecule has 1 rings (SSSR count). The number of rotatable bonds is 5. The van der Waals surface area contributed by atoms with Crippen molar-refractivity contribution in [2.75, 3.05) is 18.9 Å². The van der Waals surface area contributed by atoms with Gasteiger partial charge in [-0.15, -0.1) is 0 Å². The highest BCUT2D eigenvalue weighted by atomic mass is 16.5. The SMILES string of the molecule is CC(CO)COCc1ccc(N)cc1. The zero-order valence-electron chi connectivity index (χ0n) is 8.44. The lowest BCUT2D eigenvalue weighted by Crippen LogP contribution is -2.09. The fourth-order valence-corrected chi connectivity index (χ4v) is 1.04. The molecule has 0 saturated heterocycles. The summed E-state index contributed by atoms with van der Waals surface area (Å²) < 4.78 is 5.41. The van der Waals surface area contributed by atoms with Gasteiger partial charge in [-0.25, -0.2) is 0 Å². The van der Waals surface area contributed by atoms with E-state index in [2.05, 4.69) is 0 Å². The lowest BCUT2D eigenvalue weighted by atomic mass is 10.2. The Morgan fingerprint density at radius 1 is 1.36 bits per heavy atom. The summed E-state index contributed by atoms with van der Waals surface area (Å²) in [6, 6.07) is 7.60. The van der Waals surface area contributed by atoms with Gasteiger partial charge in [-0.2, -0.15) is 0 Å². The fraction of sp³-hybridized carbons (Fsp3) is 0.455. The molecule has 0 radical (unpaired) electrons. The van der Waals surface area contributed by atoms with E-state index in [1.807, 2.05) is 31.2 Å². The van der Waals surface area contributed by atoms with Gasteiger partial charge >= 0.3 is 0 Å². The highest BCUT2D eigenvalue weighted by Crippen LogP contribution is 2.07. The van der Waals surface area contributed by atoms with Crippen molar-refractivity contribution in [1.29, 1.82) is 0 Å². The normalized spacial score (nSPS) is 12.7. The number of anilines is 1. The maximum atomic E-state index is 8.77. The van der Waals surface area contributed by atoms with Gasteiger partial charge in [0.2, 0.25) is 0 Å². The zero-order valence-corrected chi connectivity index (χ0v) is 8.44. The Bertz CT molecular complexity index is 258. The van der Waals surface area contributed by atoms with Crippen molar-refractivity contribution in [2.24, 2.45) is 5.92 Å². The number of benzene rings is 1. The molecule has 3 N–H and O–H groups in total. The predicted octanol–water partition coefficient (Wildman–Crippen LogP) is 1.41. The van der Waals surface area contributed by atoms with Crippen LogP contribution in [0.5, 0.6) is 0 Å². The monoisotopic (exact) mass is 195 g/mol. The van der Waals surface area contributed by atoms with Gasteiger partial charge in [-0.1, -0.05) is 19.1 Å². The molecule has 1 aromatic carbocycles. The van der Waals surface area contributed by atoms with Crippen LogP contribution in [-0.4, -0.2) is 18.3 Å². The highest BCUT2D eigenvalue weighted by molar-refractivity contribution is 5.39. The topological polar surface area (TPSA) is 55.5 Å². The molecule has 14 heavy (non-hydrogen) atoms. The quantitative estimate of drug-likeness (QED) is 0.698. The Morgan fingerprint density at radius 2 is 2.00 bits per heavy atom. The van der Waals surface area contributed by atoms with Crippen LogP contribution >= 0.6 is 0 Å². The van der Waals surface area contributed by atoms with E-state index in [1.54, 1.807) is 0 Å². The maximum Gasteiger partial charge on any atom is 0.0717 e. The van der Waals surface area contributed by atoms with Gasteiger partial charge in [0.1, 0.15) is 0 Å². The smallest absolute Gasteiger partial charge is 0.0717 e. The van der Waals surface area contributed by atoms with Crippen LogP contribution in [0.1, 0.15) is 12.5 Å². The van der Waals surface area contributed by atoms with Crippen LogP contribution in [-0.2, 0) is 11.3 Å². The average molecular weight is 195 g/mol. The van der Waals surface area contributed by atoms with E-state index in [9.17, 15) is 0 Å². The van der Waals surface area contributed by atoms with Gasteiger partial charge in [-0.3, -0.25) is 0 Å². The maximum absolute atomic E-state index is 8.77. The van der Waals surface area contributed by atoms with Crippen LogP contribution < -0.4 is 5.73 Å². The number of aliphatic hydroxyl groups is 1. The van der Waals surface area contributed by atoms with Crippen LogP contribution in [0.15, 0.2) is 24.3 Å². The molecule has 0 amide bonds. The predicted molar refractivity (Wildman–Crippen MR) is 56.8 cm³/mol. The van der Waals surface area contributed by atoms with Crippen molar-refractivity contribution in [1.82, 2.24) is 0 Å². The van der Waals surface area contributed by atoms with Crippen molar-refractivity contribution >= 4 is 5.69 Å². The summed E-state index contributed by atoms with van der Waals surface area (Å²) in [6.07, 6.45) is 0. The molecule has 0 aliphatic heterocycles. The number of hydrogen-bond donors (Lipinski definition) is 2. The summed E-state index contributed by atoms with van der Waals surface area (Å²) in [7, 11) is 0. The van der Waals surface area contributed by atoms with Crippen LogP contribution in [0.25, 0.3) is 0 Å². The minimum atomic E-state index is 0.168. The van der Waals surface area contributed by atoms with E-state index in [-0.39, 0.29) is 12.5 Å². The average Bonchev–Trinajstić information content (AvgIpc) is 2.21. The molecular formula is C11H17NO2. The Balaban J connectivity index is 2.28. The van der Waals surface area contributed by atoms with E-state index in [4.69, 9.17) is 15.6 Å². The molecule has 0 aliphatic rings. The molecule has 0 spiro atoms. The summed E-state index contributed by atoms with van der Waals surface area (Å²) in [5, 5.41) is 8.77. The Morgan fingerprint density at radius 3 is 2.57 bits per heavy atom. The Kier molecular flexibility index (Phi) is 4.43. The van der Waals surface area contributed by atoms with Gasteiger partial charge in [0.15, 0.2) is 0 Å². The van der Waals surface area contributed by atoms with E-state index < -0.39 is 0 Å². The molecule has 0 saturated carbocycles. The summed E-state index contributed by atoms with van der Waals surface area (Å²) in [5.41, 5.74) is 7.41. The Labute approximate surface area is 84.5 Å². The summed E-state index contributed by atoms with van der Waals surface area (Å²) in [5.74, 6) is 0.198. The molecule has 0 fully saturated rings. The van der Waals surface area contributed by atoms with Gasteiger partial charge < -0.3 is 15.6 Å². The number of nitrogens with two attached hydrogens (primary N) is 1. The molecule has 3 nitrogen and oxygen atoms in total. The standard InChI is InChI=1S/C11H17NO2/c1-9(6-13)7-14-8-10-2-4-11(12)5-3-10/h2-5,9,13H,6-8,12H2,1H3. The number of ether oxygens (including phenoxy) is 1. The van der Waals surface area contributed by atoms with Crippen LogP contribution in [0.2, 0.25) is 0 Å². The van der Waals surface area contributed by atoms with Gasteiger partial charge in [0, 0.05) is 18.2 Å². The zero-order chi connectivity index (χ0) is 10.4. The molecule has 1 unspecified atom stereocenters. The fourth-order valence-electron chi connectivity index (χ4n) is 1.04. The van der Waals surface area contributed by atoms with Crippen molar-refractivity contribution in [2.45, 2.75) is 13.5 Å². The van der Waals surface area contributed by atoms with Crippen LogP contribution in [0.4, 0.5) is 5.69 Å². The first-order valence-corrected chi connectivity index (χ1v) is 4.75. The molecule has 1 aromatic rings. The second kappa shape index (κ2) is 5.62. The van der Waals surface area contributed by atoms with Crippen molar-refractivity contribution in [3.63, 3.8) is 0 Å². The van der Waals surface area contributed by atoms with E-state index in [1.165, 1.54) is 0 Å². The van der Waals surface area contributed by atoms with E-state index in [0.29, 0.717) is 13.2 Å². The summed E-state index contributed by atoms with van der Waals surface area (Å²) in [4.78, 5) is 0. The summed E-state index contributed by atoms with van der Waals surface area (Å²) in [6.45, 7) is 3.27. The van der Waals surface area contributed by atoms with Gasteiger partial charge in [0.25, 0.3) is 0 Å². The van der Waals surface area contributed by atoms with Crippen molar-refractivity contribution < 1.29 is 9.84 Å². The first-order valence-electron chi connectivity index (χ1n) is 4.75. The molecule has 0 bridgehead atoms. The first kappa shape index (κ1) is 11.0. The third-order valence-electron chi connectivity index (χ3n) is 1.96. The van der Waals surface area contributed by atoms with Crippen LogP contribution in [0, 0.1) is 5.92 Å².